The lowest BCUT2D eigenvalue weighted by Gasteiger charge is -2.37. The van der Waals surface area contributed by atoms with Crippen molar-refractivity contribution in [2.24, 2.45) is 11.8 Å². The maximum absolute atomic E-state index is 13.6. The van der Waals surface area contributed by atoms with E-state index in [-0.39, 0.29) is 53.8 Å². The number of hydrogen-bond acceptors (Lipinski definition) is 5. The zero-order valence-electron chi connectivity index (χ0n) is 20.8. The molecule has 1 aromatic carbocycles. The number of benzene rings is 1. The maximum atomic E-state index is 13.6. The average molecular weight is 482 g/mol. The SMILES string of the molecule is CC(C)C#Cc1cnc2c(c1)C(=O)N([C@H](C)CO)C[C@H](C)[C@H](CN(C)C(=O)c1cccc(F)c1)O2. The molecular weight excluding hydrogens is 449 g/mol. The van der Waals surface area contributed by atoms with Crippen LogP contribution in [-0.2, 0) is 0 Å². The Morgan fingerprint density at radius 2 is 2.09 bits per heavy atom. The second kappa shape index (κ2) is 11.3. The van der Waals surface area contributed by atoms with Crippen molar-refractivity contribution < 1.29 is 23.8 Å². The van der Waals surface area contributed by atoms with Crippen molar-refractivity contribution in [3.05, 3.63) is 59.0 Å². The zero-order chi connectivity index (χ0) is 25.7. The van der Waals surface area contributed by atoms with Crippen molar-refractivity contribution in [3.63, 3.8) is 0 Å². The average Bonchev–Trinajstić information content (AvgIpc) is 2.83. The number of likely N-dealkylation sites (N-methyl/N-ethyl adjacent to an activating group) is 1. The molecule has 1 aliphatic heterocycles. The molecule has 0 radical (unpaired) electrons. The molecule has 1 aromatic heterocycles. The minimum atomic E-state index is -0.502. The highest BCUT2D eigenvalue weighted by atomic mass is 19.1. The minimum Gasteiger partial charge on any atom is -0.472 e. The van der Waals surface area contributed by atoms with Crippen LogP contribution in [0.4, 0.5) is 4.39 Å². The number of nitrogens with zero attached hydrogens (tertiary/aromatic N) is 3. The molecule has 186 valence electrons. The van der Waals surface area contributed by atoms with Crippen LogP contribution in [0, 0.1) is 29.5 Å². The molecule has 2 aromatic rings. The molecule has 2 amide bonds. The molecule has 0 saturated heterocycles. The van der Waals surface area contributed by atoms with Gasteiger partial charge in [0.1, 0.15) is 17.5 Å². The summed E-state index contributed by atoms with van der Waals surface area (Å²) in [7, 11) is 1.63. The first-order valence-electron chi connectivity index (χ1n) is 11.7. The van der Waals surface area contributed by atoms with Crippen LogP contribution < -0.4 is 4.74 Å². The number of amides is 2. The zero-order valence-corrected chi connectivity index (χ0v) is 20.8. The fourth-order valence-electron chi connectivity index (χ4n) is 3.81. The number of aliphatic hydroxyl groups is 1. The lowest BCUT2D eigenvalue weighted by atomic mass is 9.99. The summed E-state index contributed by atoms with van der Waals surface area (Å²) in [6.45, 7) is 7.95. The van der Waals surface area contributed by atoms with Gasteiger partial charge in [0.2, 0.25) is 5.88 Å². The minimum absolute atomic E-state index is 0.156. The van der Waals surface area contributed by atoms with Crippen molar-refractivity contribution in [1.82, 2.24) is 14.8 Å². The molecule has 0 aliphatic carbocycles. The lowest BCUT2D eigenvalue weighted by Crippen LogP contribution is -2.50. The number of halogens is 1. The Bertz CT molecular complexity index is 1140. The number of ether oxygens (including phenoxy) is 1. The number of pyridine rings is 1. The molecule has 3 atom stereocenters. The largest absolute Gasteiger partial charge is 0.472 e. The van der Waals surface area contributed by atoms with Crippen molar-refractivity contribution in [2.75, 3.05) is 26.7 Å². The van der Waals surface area contributed by atoms with Gasteiger partial charge in [-0.05, 0) is 31.2 Å². The smallest absolute Gasteiger partial charge is 0.259 e. The Balaban J connectivity index is 1.95. The summed E-state index contributed by atoms with van der Waals surface area (Å²) >= 11 is 0. The van der Waals surface area contributed by atoms with Crippen molar-refractivity contribution >= 4 is 11.8 Å². The van der Waals surface area contributed by atoms with Gasteiger partial charge in [-0.3, -0.25) is 9.59 Å². The molecule has 2 heterocycles. The van der Waals surface area contributed by atoms with Crippen LogP contribution in [0.15, 0.2) is 36.5 Å². The number of fused-ring (bicyclic) bond motifs is 1. The molecule has 0 saturated carbocycles. The van der Waals surface area contributed by atoms with Crippen LogP contribution in [-0.4, -0.2) is 70.6 Å². The summed E-state index contributed by atoms with van der Waals surface area (Å²) in [5.41, 5.74) is 1.09. The van der Waals surface area contributed by atoms with E-state index in [0.717, 1.165) is 0 Å². The van der Waals surface area contributed by atoms with Crippen molar-refractivity contribution in [3.8, 4) is 17.7 Å². The predicted octanol–water partition coefficient (Wildman–Crippen LogP) is 3.22. The van der Waals surface area contributed by atoms with Crippen LogP contribution in [0.5, 0.6) is 5.88 Å². The number of rotatable bonds is 5. The number of carbonyl (C=O) groups excluding carboxylic acids is 2. The van der Waals surface area contributed by atoms with Gasteiger partial charge >= 0.3 is 0 Å². The molecule has 0 unspecified atom stereocenters. The van der Waals surface area contributed by atoms with Gasteiger partial charge in [0, 0.05) is 42.8 Å². The highest BCUT2D eigenvalue weighted by Gasteiger charge is 2.34. The van der Waals surface area contributed by atoms with Crippen LogP contribution >= 0.6 is 0 Å². The second-order valence-corrected chi connectivity index (χ2v) is 9.32. The van der Waals surface area contributed by atoms with E-state index in [0.29, 0.717) is 12.1 Å². The normalized spacial score (nSPS) is 18.5. The van der Waals surface area contributed by atoms with Crippen LogP contribution in [0.1, 0.15) is 54.0 Å². The van der Waals surface area contributed by atoms with Gasteiger partial charge in [-0.15, -0.1) is 0 Å². The van der Waals surface area contributed by atoms with Crippen LogP contribution in [0.2, 0.25) is 0 Å². The molecule has 1 N–H and O–H groups in total. The fraction of sp³-hybridized carbons (Fsp3) is 0.444. The summed E-state index contributed by atoms with van der Waals surface area (Å²) < 4.78 is 19.8. The Hall–Kier alpha value is -3.44. The van der Waals surface area contributed by atoms with E-state index < -0.39 is 18.0 Å². The number of hydrogen-bond donors (Lipinski definition) is 1. The predicted molar refractivity (Wildman–Crippen MR) is 130 cm³/mol. The number of aliphatic hydroxyl groups excluding tert-OH is 1. The van der Waals surface area contributed by atoms with E-state index in [1.165, 1.54) is 23.1 Å². The van der Waals surface area contributed by atoms with Gasteiger partial charge in [-0.2, -0.15) is 0 Å². The first-order chi connectivity index (χ1) is 16.6. The Morgan fingerprint density at radius 3 is 2.74 bits per heavy atom. The third kappa shape index (κ3) is 6.37. The summed E-state index contributed by atoms with van der Waals surface area (Å²) in [6.07, 6.45) is 1.06. The quantitative estimate of drug-likeness (QED) is 0.663. The molecule has 1 aliphatic rings. The van der Waals surface area contributed by atoms with Gasteiger partial charge in [-0.1, -0.05) is 38.7 Å². The monoisotopic (exact) mass is 481 g/mol. The van der Waals surface area contributed by atoms with Gasteiger partial charge < -0.3 is 19.6 Å². The van der Waals surface area contributed by atoms with E-state index >= 15 is 0 Å². The maximum Gasteiger partial charge on any atom is 0.259 e. The van der Waals surface area contributed by atoms with E-state index in [9.17, 15) is 19.1 Å². The number of carbonyl (C=O) groups is 2. The number of aromatic nitrogens is 1. The first kappa shape index (κ1) is 26.2. The standard InChI is InChI=1S/C27H32FN3O4/c1-17(2)9-10-20-11-23-25(29-13-20)35-24(18(3)14-31(27(23)34)19(4)16-32)15-30(5)26(33)21-7-6-8-22(28)12-21/h6-8,11-13,17-19,24,32H,14-16H2,1-5H3/t18-,19+,24-/m0/s1. The third-order valence-corrected chi connectivity index (χ3v) is 5.90. The van der Waals surface area contributed by atoms with Crippen LogP contribution in [0.3, 0.4) is 0 Å². The molecule has 3 rings (SSSR count). The summed E-state index contributed by atoms with van der Waals surface area (Å²) in [5, 5.41) is 9.79. The highest BCUT2D eigenvalue weighted by Crippen LogP contribution is 2.27. The van der Waals surface area contributed by atoms with E-state index in [1.54, 1.807) is 37.2 Å². The molecule has 7 nitrogen and oxygen atoms in total. The van der Waals surface area contributed by atoms with Crippen molar-refractivity contribution in [1.29, 1.82) is 0 Å². The summed E-state index contributed by atoms with van der Waals surface area (Å²) in [4.78, 5) is 33.8. The van der Waals surface area contributed by atoms with Gasteiger partial charge in [0.25, 0.3) is 11.8 Å². The second-order valence-electron chi connectivity index (χ2n) is 9.32. The molecule has 8 heteroatoms. The van der Waals surface area contributed by atoms with Gasteiger partial charge in [0.15, 0.2) is 0 Å². The third-order valence-electron chi connectivity index (χ3n) is 5.90. The van der Waals surface area contributed by atoms with Gasteiger partial charge in [-0.25, -0.2) is 9.37 Å². The molecule has 0 spiro atoms. The molecule has 35 heavy (non-hydrogen) atoms. The highest BCUT2D eigenvalue weighted by molar-refractivity contribution is 5.97. The van der Waals surface area contributed by atoms with Crippen molar-refractivity contribution in [2.45, 2.75) is 39.8 Å². The van der Waals surface area contributed by atoms with Gasteiger partial charge in [0.05, 0.1) is 19.2 Å². The molecule has 0 fully saturated rings. The molecular formula is C27H32FN3O4. The Labute approximate surface area is 205 Å². The van der Waals surface area contributed by atoms with E-state index in [4.69, 9.17) is 4.74 Å². The van der Waals surface area contributed by atoms with Crippen LogP contribution in [0.25, 0.3) is 0 Å². The van der Waals surface area contributed by atoms with E-state index in [1.807, 2.05) is 20.8 Å². The topological polar surface area (TPSA) is 83.0 Å². The fourth-order valence-corrected chi connectivity index (χ4v) is 3.81. The lowest BCUT2D eigenvalue weighted by molar-refractivity contribution is 0.0313. The van der Waals surface area contributed by atoms with E-state index in [2.05, 4.69) is 16.8 Å². The Morgan fingerprint density at radius 1 is 1.34 bits per heavy atom. The summed E-state index contributed by atoms with van der Waals surface area (Å²) in [6, 6.07) is 6.77. The first-order valence-corrected chi connectivity index (χ1v) is 11.7. The molecule has 0 bridgehead atoms. The summed E-state index contributed by atoms with van der Waals surface area (Å²) in [5.74, 6) is 5.10. The Kier molecular flexibility index (Phi) is 8.47.